The molecule has 0 saturated heterocycles. The molecule has 2 amide bonds. The van der Waals surface area contributed by atoms with E-state index in [4.69, 9.17) is 14.3 Å². The van der Waals surface area contributed by atoms with Crippen LogP contribution in [0.5, 0.6) is 5.75 Å². The number of carboxylic acids is 1. The summed E-state index contributed by atoms with van der Waals surface area (Å²) in [6.07, 6.45) is 4.12. The third kappa shape index (κ3) is 10.3. The summed E-state index contributed by atoms with van der Waals surface area (Å²) < 4.78 is 11.5. The molecule has 1 aromatic heterocycles. The number of hydrogen-bond acceptors (Lipinski definition) is 8. The number of hydrogen-bond donors (Lipinski definition) is 5. The predicted octanol–water partition coefficient (Wildman–Crippen LogP) is 3.62. The van der Waals surface area contributed by atoms with E-state index in [-0.39, 0.29) is 30.9 Å². The number of likely N-dealkylation sites (N-methyl/N-ethyl adjacent to an activating group) is 1. The van der Waals surface area contributed by atoms with Crippen molar-refractivity contribution in [3.05, 3.63) is 41.7 Å². The van der Waals surface area contributed by atoms with E-state index in [0.717, 1.165) is 24.8 Å². The highest BCUT2D eigenvalue weighted by Crippen LogP contribution is 2.28. The van der Waals surface area contributed by atoms with Crippen molar-refractivity contribution in [1.29, 1.82) is 0 Å². The smallest absolute Gasteiger partial charge is 0.317 e. The highest BCUT2D eigenvalue weighted by molar-refractivity contribution is 5.92. The monoisotopic (exact) mass is 546 g/mol. The molecule has 2 aromatic rings. The first-order valence-electron chi connectivity index (χ1n) is 13.4. The number of unbranched alkanes of at least 4 members (excludes halogenated alkanes) is 2. The molecule has 0 bridgehead atoms. The van der Waals surface area contributed by atoms with Crippen molar-refractivity contribution in [2.45, 2.75) is 65.5 Å². The van der Waals surface area contributed by atoms with E-state index < -0.39 is 17.8 Å². The van der Waals surface area contributed by atoms with Gasteiger partial charge in [-0.25, -0.2) is 5.48 Å². The molecule has 0 radical (unpaired) electrons. The average molecular weight is 547 g/mol. The van der Waals surface area contributed by atoms with Gasteiger partial charge in [-0.1, -0.05) is 33.1 Å². The summed E-state index contributed by atoms with van der Waals surface area (Å²) in [5, 5.41) is 23.9. The Kier molecular flexibility index (Phi) is 13.5. The second kappa shape index (κ2) is 16.5. The van der Waals surface area contributed by atoms with E-state index in [1.54, 1.807) is 30.1 Å². The number of amides is 2. The van der Waals surface area contributed by atoms with Gasteiger partial charge in [0.05, 0.1) is 25.7 Å². The van der Waals surface area contributed by atoms with E-state index >= 15 is 0 Å². The minimum atomic E-state index is -0.918. The molecule has 0 unspecified atom stereocenters. The lowest BCUT2D eigenvalue weighted by Crippen LogP contribution is -2.46. The molecule has 2 atom stereocenters. The van der Waals surface area contributed by atoms with E-state index in [2.05, 4.69) is 23.0 Å². The lowest BCUT2D eigenvalue weighted by Gasteiger charge is -2.24. The lowest BCUT2D eigenvalue weighted by atomic mass is 9.91. The molecule has 0 aliphatic rings. The van der Waals surface area contributed by atoms with Gasteiger partial charge in [0.2, 0.25) is 5.91 Å². The Balaban J connectivity index is 2.05. The molecule has 0 fully saturated rings. The summed E-state index contributed by atoms with van der Waals surface area (Å²) in [5.41, 5.74) is 3.76. The third-order valence-electron chi connectivity index (χ3n) is 6.31. The van der Waals surface area contributed by atoms with Gasteiger partial charge in [0, 0.05) is 18.2 Å². The number of nitrogens with one attached hydrogen (secondary N) is 3. The van der Waals surface area contributed by atoms with Crippen LogP contribution < -0.4 is 20.9 Å². The second-order valence-electron chi connectivity index (χ2n) is 9.50. The molecule has 11 heteroatoms. The van der Waals surface area contributed by atoms with Crippen molar-refractivity contribution >= 4 is 17.8 Å². The zero-order valence-electron chi connectivity index (χ0n) is 23.3. The topological polar surface area (TPSA) is 153 Å². The number of ether oxygens (including phenoxy) is 1. The summed E-state index contributed by atoms with van der Waals surface area (Å²) in [5.74, 6) is -0.932. The van der Waals surface area contributed by atoms with Crippen LogP contribution >= 0.6 is 0 Å². The first-order valence-corrected chi connectivity index (χ1v) is 13.4. The van der Waals surface area contributed by atoms with Crippen molar-refractivity contribution in [3.63, 3.8) is 0 Å². The van der Waals surface area contributed by atoms with Gasteiger partial charge >= 0.3 is 5.97 Å². The van der Waals surface area contributed by atoms with E-state index in [1.165, 1.54) is 0 Å². The van der Waals surface area contributed by atoms with Crippen LogP contribution in [0.2, 0.25) is 0 Å². The molecule has 11 nitrogen and oxygen atoms in total. The van der Waals surface area contributed by atoms with Gasteiger partial charge in [-0.3, -0.25) is 19.3 Å². The summed E-state index contributed by atoms with van der Waals surface area (Å²) in [7, 11) is 1.71. The van der Waals surface area contributed by atoms with Crippen LogP contribution in [0.25, 0.3) is 11.3 Å². The highest BCUT2D eigenvalue weighted by atomic mass is 16.5. The normalized spacial score (nSPS) is 12.7. The van der Waals surface area contributed by atoms with Gasteiger partial charge in [-0.2, -0.15) is 0 Å². The number of carbonyl (C=O) groups excluding carboxylic acids is 2. The Morgan fingerprint density at radius 3 is 2.49 bits per heavy atom. The highest BCUT2D eigenvalue weighted by Gasteiger charge is 2.26. The van der Waals surface area contributed by atoms with E-state index in [1.807, 2.05) is 26.0 Å². The number of furan rings is 1. The Hall–Kier alpha value is -3.41. The van der Waals surface area contributed by atoms with E-state index in [0.29, 0.717) is 43.1 Å². The molecule has 1 aromatic carbocycles. The molecule has 0 saturated carbocycles. The van der Waals surface area contributed by atoms with E-state index in [9.17, 15) is 19.6 Å². The van der Waals surface area contributed by atoms with Crippen LogP contribution in [0.1, 0.15) is 69.0 Å². The molecule has 5 N–H and O–H groups in total. The van der Waals surface area contributed by atoms with Crippen molar-refractivity contribution in [2.24, 2.45) is 5.92 Å². The van der Waals surface area contributed by atoms with Crippen LogP contribution in [-0.2, 0) is 16.1 Å². The number of carbonyl (C=O) groups is 3. The van der Waals surface area contributed by atoms with Gasteiger partial charge in [0.25, 0.3) is 5.91 Å². The van der Waals surface area contributed by atoms with Gasteiger partial charge in [0.15, 0.2) is 5.76 Å². The second-order valence-corrected chi connectivity index (χ2v) is 9.50. The molecular formula is C28H42N4O7. The van der Waals surface area contributed by atoms with Crippen molar-refractivity contribution in [1.82, 2.24) is 21.0 Å². The lowest BCUT2D eigenvalue weighted by molar-refractivity contribution is -0.138. The van der Waals surface area contributed by atoms with Gasteiger partial charge in [0.1, 0.15) is 11.5 Å². The van der Waals surface area contributed by atoms with Crippen LogP contribution in [0, 0.1) is 5.92 Å². The number of carboxylic acid groups (broad SMARTS) is 1. The van der Waals surface area contributed by atoms with Crippen molar-refractivity contribution in [2.75, 3.05) is 26.9 Å². The third-order valence-corrected chi connectivity index (χ3v) is 6.31. The van der Waals surface area contributed by atoms with Crippen LogP contribution in [0.3, 0.4) is 0 Å². The maximum atomic E-state index is 12.8. The maximum Gasteiger partial charge on any atom is 0.317 e. The fourth-order valence-corrected chi connectivity index (χ4v) is 4.38. The predicted molar refractivity (Wildman–Crippen MR) is 146 cm³/mol. The number of hydroxylamine groups is 1. The Morgan fingerprint density at radius 1 is 1.08 bits per heavy atom. The van der Waals surface area contributed by atoms with Gasteiger partial charge < -0.3 is 30.1 Å². The fourth-order valence-electron chi connectivity index (χ4n) is 4.38. The standard InChI is InChI=1S/C28H42N4O7/c1-5-8-9-10-22(23(6-2)31-37)27(35)29-18-30-28(36)25-12-11-24(39-25)20-13-19(14-21(15-20)38-7-3)16-32(4)17-26(33)34/h11-15,22-23,31,37H,5-10,16-18H2,1-4H3,(H,29,35)(H,30,36)(H,33,34)/t22-,23-/m1/s1. The summed E-state index contributed by atoms with van der Waals surface area (Å²) in [6.45, 7) is 6.50. The maximum absolute atomic E-state index is 12.8. The molecule has 1 heterocycles. The van der Waals surface area contributed by atoms with Gasteiger partial charge in [-0.05, 0) is 62.7 Å². The number of benzene rings is 1. The number of aliphatic carboxylic acids is 1. The molecule has 2 rings (SSSR count). The number of rotatable bonds is 18. The molecule has 0 spiro atoms. The van der Waals surface area contributed by atoms with Crippen LogP contribution in [-0.4, -0.2) is 65.9 Å². The van der Waals surface area contributed by atoms with Gasteiger partial charge in [-0.15, -0.1) is 0 Å². The summed E-state index contributed by atoms with van der Waals surface area (Å²) in [6, 6.07) is 8.35. The Bertz CT molecular complexity index is 1070. The Labute approximate surface area is 229 Å². The number of nitrogens with zero attached hydrogens (tertiary/aromatic N) is 1. The van der Waals surface area contributed by atoms with Crippen LogP contribution in [0.15, 0.2) is 34.7 Å². The SMILES string of the molecule is CCCCC[C@@H](C(=O)NCNC(=O)c1ccc(-c2cc(CN(C)CC(=O)O)cc(OCC)c2)o1)[C@@H](CC)NO. The molecular weight excluding hydrogens is 504 g/mol. The van der Waals surface area contributed by atoms with Crippen molar-refractivity contribution < 1.29 is 33.9 Å². The summed E-state index contributed by atoms with van der Waals surface area (Å²) in [4.78, 5) is 38.2. The quantitative estimate of drug-likeness (QED) is 0.107. The molecule has 0 aliphatic carbocycles. The average Bonchev–Trinajstić information content (AvgIpc) is 3.38. The minimum Gasteiger partial charge on any atom is -0.494 e. The molecule has 216 valence electrons. The minimum absolute atomic E-state index is 0.0774. The summed E-state index contributed by atoms with van der Waals surface area (Å²) >= 11 is 0. The first-order chi connectivity index (χ1) is 18.7. The zero-order valence-corrected chi connectivity index (χ0v) is 23.3. The largest absolute Gasteiger partial charge is 0.494 e. The first kappa shape index (κ1) is 31.8. The van der Waals surface area contributed by atoms with Crippen molar-refractivity contribution in [3.8, 4) is 17.1 Å². The van der Waals surface area contributed by atoms with Crippen LogP contribution in [0.4, 0.5) is 0 Å². The fraction of sp³-hybridized carbons (Fsp3) is 0.536. The Morgan fingerprint density at radius 2 is 1.85 bits per heavy atom. The molecule has 39 heavy (non-hydrogen) atoms. The molecule has 0 aliphatic heterocycles. The zero-order chi connectivity index (χ0) is 28.8.